The first-order chi connectivity index (χ1) is 9.13. The number of nitrogens with one attached hydrogen (secondary N) is 1. The Hall–Kier alpha value is -1.73. The van der Waals surface area contributed by atoms with Crippen LogP contribution >= 0.6 is 11.6 Å². The number of halogens is 1. The van der Waals surface area contributed by atoms with Gasteiger partial charge in [0.2, 0.25) is 5.91 Å². The molecule has 1 amide bonds. The highest BCUT2D eigenvalue weighted by atomic mass is 35.5. The normalized spacial score (nSPS) is 9.79. The van der Waals surface area contributed by atoms with Crippen LogP contribution in [-0.4, -0.2) is 30.4 Å². The van der Waals surface area contributed by atoms with E-state index in [1.165, 1.54) is 0 Å². The third kappa shape index (κ3) is 4.15. The predicted octanol–water partition coefficient (Wildman–Crippen LogP) is 2.88. The number of anilines is 1. The molecular weight excluding hydrogens is 262 g/mol. The van der Waals surface area contributed by atoms with Gasteiger partial charge in [-0.05, 0) is 26.0 Å². The highest BCUT2D eigenvalue weighted by Crippen LogP contribution is 2.23. The summed E-state index contributed by atoms with van der Waals surface area (Å²) < 4.78 is 0. The number of carbonyl (C=O) groups excluding carboxylic acids is 1. The molecule has 0 atom stereocenters. The van der Waals surface area contributed by atoms with Gasteiger partial charge in [-0.25, -0.2) is 0 Å². The highest BCUT2D eigenvalue weighted by Gasteiger charge is 2.10. The minimum Gasteiger partial charge on any atom is -0.383 e. The van der Waals surface area contributed by atoms with E-state index in [1.807, 2.05) is 13.8 Å². The van der Waals surface area contributed by atoms with Gasteiger partial charge in [-0.2, -0.15) is 5.26 Å². The topological polar surface area (TPSA) is 56.1 Å². The maximum Gasteiger partial charge on any atom is 0.224 e. The second kappa shape index (κ2) is 7.65. The van der Waals surface area contributed by atoms with E-state index in [0.29, 0.717) is 29.2 Å². The molecule has 102 valence electrons. The zero-order valence-corrected chi connectivity index (χ0v) is 12.0. The first-order valence-corrected chi connectivity index (χ1v) is 6.72. The number of rotatable bonds is 6. The van der Waals surface area contributed by atoms with Crippen LogP contribution in [0.15, 0.2) is 18.2 Å². The summed E-state index contributed by atoms with van der Waals surface area (Å²) in [6, 6.07) is 7.29. The predicted molar refractivity (Wildman–Crippen MR) is 77.2 cm³/mol. The van der Waals surface area contributed by atoms with Gasteiger partial charge < -0.3 is 10.2 Å². The van der Waals surface area contributed by atoms with Crippen LogP contribution in [0.1, 0.15) is 25.8 Å². The molecule has 0 bridgehead atoms. The summed E-state index contributed by atoms with van der Waals surface area (Å²) in [4.78, 5) is 13.6. The first-order valence-electron chi connectivity index (χ1n) is 6.34. The maximum absolute atomic E-state index is 11.8. The van der Waals surface area contributed by atoms with E-state index in [9.17, 15) is 4.79 Å². The van der Waals surface area contributed by atoms with Gasteiger partial charge >= 0.3 is 0 Å². The van der Waals surface area contributed by atoms with E-state index < -0.39 is 0 Å². The van der Waals surface area contributed by atoms with Crippen molar-refractivity contribution >= 4 is 23.2 Å². The monoisotopic (exact) mass is 279 g/mol. The van der Waals surface area contributed by atoms with Gasteiger partial charge in [0.1, 0.15) is 6.07 Å². The molecule has 1 aromatic carbocycles. The molecule has 0 saturated carbocycles. The van der Waals surface area contributed by atoms with Crippen LogP contribution in [0.3, 0.4) is 0 Å². The zero-order chi connectivity index (χ0) is 14.3. The van der Waals surface area contributed by atoms with Crippen LogP contribution in [0.2, 0.25) is 5.02 Å². The lowest BCUT2D eigenvalue weighted by Crippen LogP contribution is -2.31. The number of hydrogen-bond acceptors (Lipinski definition) is 3. The van der Waals surface area contributed by atoms with Crippen molar-refractivity contribution in [3.8, 4) is 6.07 Å². The molecule has 1 N–H and O–H groups in total. The fourth-order valence-electron chi connectivity index (χ4n) is 1.82. The molecule has 0 aliphatic rings. The average Bonchev–Trinajstić information content (AvgIpc) is 2.40. The number of nitriles is 1. The van der Waals surface area contributed by atoms with Crippen molar-refractivity contribution in [2.75, 3.05) is 25.0 Å². The Kier molecular flexibility index (Phi) is 6.17. The largest absolute Gasteiger partial charge is 0.383 e. The molecule has 1 rings (SSSR count). The Morgan fingerprint density at radius 1 is 1.42 bits per heavy atom. The van der Waals surface area contributed by atoms with Gasteiger partial charge in [0.05, 0.1) is 16.3 Å². The fourth-order valence-corrected chi connectivity index (χ4v) is 2.04. The van der Waals surface area contributed by atoms with Crippen molar-refractivity contribution in [3.63, 3.8) is 0 Å². The summed E-state index contributed by atoms with van der Waals surface area (Å²) >= 11 is 5.93. The third-order valence-corrected chi connectivity index (χ3v) is 3.21. The number of carbonyl (C=O) groups is 1. The summed E-state index contributed by atoms with van der Waals surface area (Å²) in [6.45, 7) is 5.84. The number of nitrogens with zero attached hydrogens (tertiary/aromatic N) is 2. The fraction of sp³-hybridized carbons (Fsp3) is 0.429. The van der Waals surface area contributed by atoms with Gasteiger partial charge in [0.25, 0.3) is 0 Å². The molecule has 1 aromatic rings. The minimum atomic E-state index is 0.109. The standard InChI is InChI=1S/C14H18ClN3O/c1-3-18(4-2)14(19)8-9-17-13-7-5-6-12(15)11(13)10-16/h5-7,17H,3-4,8-9H2,1-2H3. The molecule has 0 aromatic heterocycles. The summed E-state index contributed by atoms with van der Waals surface area (Å²) in [5.74, 6) is 0.109. The van der Waals surface area contributed by atoms with Crippen LogP contribution in [0.25, 0.3) is 0 Å². The van der Waals surface area contributed by atoms with E-state index in [2.05, 4.69) is 11.4 Å². The molecule has 0 saturated heterocycles. The quantitative estimate of drug-likeness (QED) is 0.871. The molecule has 19 heavy (non-hydrogen) atoms. The van der Waals surface area contributed by atoms with Crippen LogP contribution < -0.4 is 5.32 Å². The van der Waals surface area contributed by atoms with Gasteiger partial charge in [-0.3, -0.25) is 4.79 Å². The molecule has 4 nitrogen and oxygen atoms in total. The Balaban J connectivity index is 2.57. The molecule has 0 radical (unpaired) electrons. The lowest BCUT2D eigenvalue weighted by atomic mass is 10.2. The van der Waals surface area contributed by atoms with Gasteiger partial charge in [0.15, 0.2) is 0 Å². The zero-order valence-electron chi connectivity index (χ0n) is 11.2. The van der Waals surface area contributed by atoms with Crippen molar-refractivity contribution in [2.45, 2.75) is 20.3 Å². The van der Waals surface area contributed by atoms with Crippen LogP contribution in [-0.2, 0) is 4.79 Å². The Bertz CT molecular complexity index is 478. The first kappa shape index (κ1) is 15.3. The molecule has 0 aliphatic carbocycles. The molecule has 0 heterocycles. The molecular formula is C14H18ClN3O. The molecule has 0 fully saturated rings. The SMILES string of the molecule is CCN(CC)C(=O)CCNc1cccc(Cl)c1C#N. The van der Waals surface area contributed by atoms with Crippen LogP contribution in [0.5, 0.6) is 0 Å². The lowest BCUT2D eigenvalue weighted by Gasteiger charge is -2.18. The lowest BCUT2D eigenvalue weighted by molar-refractivity contribution is -0.130. The van der Waals surface area contributed by atoms with Crippen LogP contribution in [0.4, 0.5) is 5.69 Å². The Morgan fingerprint density at radius 2 is 2.11 bits per heavy atom. The van der Waals surface area contributed by atoms with E-state index in [0.717, 1.165) is 13.1 Å². The van der Waals surface area contributed by atoms with Crippen molar-refractivity contribution < 1.29 is 4.79 Å². The smallest absolute Gasteiger partial charge is 0.224 e. The molecule has 0 spiro atoms. The Labute approximate surface area is 119 Å². The Morgan fingerprint density at radius 3 is 2.68 bits per heavy atom. The van der Waals surface area contributed by atoms with Crippen molar-refractivity contribution in [3.05, 3.63) is 28.8 Å². The summed E-state index contributed by atoms with van der Waals surface area (Å²) in [6.07, 6.45) is 0.402. The van der Waals surface area contributed by atoms with E-state index in [1.54, 1.807) is 23.1 Å². The molecule has 0 unspecified atom stereocenters. The summed E-state index contributed by atoms with van der Waals surface area (Å²) in [5.41, 5.74) is 1.09. The molecule has 0 aliphatic heterocycles. The van der Waals surface area contributed by atoms with E-state index in [4.69, 9.17) is 16.9 Å². The van der Waals surface area contributed by atoms with Crippen molar-refractivity contribution in [1.29, 1.82) is 5.26 Å². The van der Waals surface area contributed by atoms with Gasteiger partial charge in [-0.1, -0.05) is 17.7 Å². The molecule has 5 heteroatoms. The summed E-state index contributed by atoms with van der Waals surface area (Å²) in [5, 5.41) is 12.5. The minimum absolute atomic E-state index is 0.109. The maximum atomic E-state index is 11.8. The number of amides is 1. The number of hydrogen-bond donors (Lipinski definition) is 1. The van der Waals surface area contributed by atoms with Gasteiger partial charge in [-0.15, -0.1) is 0 Å². The third-order valence-electron chi connectivity index (χ3n) is 2.90. The van der Waals surface area contributed by atoms with E-state index >= 15 is 0 Å². The number of benzene rings is 1. The average molecular weight is 280 g/mol. The second-order valence-corrected chi connectivity index (χ2v) is 4.42. The second-order valence-electron chi connectivity index (χ2n) is 4.02. The highest BCUT2D eigenvalue weighted by molar-refractivity contribution is 6.32. The van der Waals surface area contributed by atoms with E-state index in [-0.39, 0.29) is 5.91 Å². The van der Waals surface area contributed by atoms with Crippen LogP contribution in [0, 0.1) is 11.3 Å². The van der Waals surface area contributed by atoms with Crippen molar-refractivity contribution in [2.24, 2.45) is 0 Å². The van der Waals surface area contributed by atoms with Crippen molar-refractivity contribution in [1.82, 2.24) is 4.90 Å². The van der Waals surface area contributed by atoms with Gasteiger partial charge in [0, 0.05) is 26.1 Å². The summed E-state index contributed by atoms with van der Waals surface area (Å²) in [7, 11) is 0.